The van der Waals surface area contributed by atoms with E-state index in [0.717, 1.165) is 37.9 Å². The first-order valence-corrected chi connectivity index (χ1v) is 11.1. The number of carbonyl (C=O) groups is 2. The quantitative estimate of drug-likeness (QED) is 0.528. The molecule has 0 bridgehead atoms. The predicted octanol–water partition coefficient (Wildman–Crippen LogP) is 4.20. The normalized spacial score (nSPS) is 13.4. The number of fused-ring (bicyclic) bond motifs is 3. The number of pyridine rings is 1. The molecular weight excluding hydrogens is 390 g/mol. The van der Waals surface area contributed by atoms with E-state index in [4.69, 9.17) is 5.11 Å². The van der Waals surface area contributed by atoms with Gasteiger partial charge in [-0.15, -0.1) is 0 Å². The molecule has 31 heavy (non-hydrogen) atoms. The average Bonchev–Trinajstić information content (AvgIpc) is 3.10. The average molecular weight is 420 g/mol. The van der Waals surface area contributed by atoms with E-state index in [9.17, 15) is 9.59 Å². The van der Waals surface area contributed by atoms with E-state index in [-0.39, 0.29) is 18.7 Å². The van der Waals surface area contributed by atoms with E-state index in [2.05, 4.69) is 39.9 Å². The van der Waals surface area contributed by atoms with Crippen LogP contribution in [0.5, 0.6) is 0 Å². The topological polar surface area (TPSA) is 75.4 Å². The highest BCUT2D eigenvalue weighted by atomic mass is 16.4. The molecule has 3 heterocycles. The van der Waals surface area contributed by atoms with Crippen molar-refractivity contribution in [2.45, 2.75) is 58.0 Å². The Hall–Kier alpha value is -3.15. The molecule has 0 radical (unpaired) electrons. The van der Waals surface area contributed by atoms with Crippen molar-refractivity contribution < 1.29 is 14.7 Å². The number of aliphatic carboxylic acids is 1. The Bertz CT molecular complexity index is 1060. The maximum Gasteiger partial charge on any atom is 0.303 e. The van der Waals surface area contributed by atoms with E-state index < -0.39 is 5.97 Å². The number of nitrogens with zero attached hydrogens (tertiary/aromatic N) is 3. The summed E-state index contributed by atoms with van der Waals surface area (Å²) >= 11 is 0. The van der Waals surface area contributed by atoms with Crippen LogP contribution in [-0.2, 0) is 35.5 Å². The number of aryl methyl sites for hydroxylation is 2. The first-order chi connectivity index (χ1) is 15.1. The standard InChI is InChI=1S/C25H29N3O3/c29-23(12-6-13-24(30)31)27-17-14-20-21-11-7-15-26-25(21)28(22(20)18-27)16-5-4-10-19-8-2-1-3-9-19/h1-3,7-9,11,15H,4-6,10,12-14,16-18H2,(H,30,31). The molecule has 162 valence electrons. The molecule has 1 amide bonds. The molecular formula is C25H29N3O3. The van der Waals surface area contributed by atoms with Crippen LogP contribution < -0.4 is 0 Å². The van der Waals surface area contributed by atoms with Gasteiger partial charge in [0.05, 0.1) is 6.54 Å². The van der Waals surface area contributed by atoms with Gasteiger partial charge in [0, 0.05) is 43.2 Å². The zero-order valence-electron chi connectivity index (χ0n) is 17.8. The molecule has 2 aromatic heterocycles. The molecule has 1 aliphatic heterocycles. The zero-order chi connectivity index (χ0) is 21.6. The highest BCUT2D eigenvalue weighted by molar-refractivity contribution is 5.84. The van der Waals surface area contributed by atoms with Crippen molar-refractivity contribution >= 4 is 22.9 Å². The number of carboxylic acids is 1. The second-order valence-corrected chi connectivity index (χ2v) is 8.21. The van der Waals surface area contributed by atoms with Crippen molar-refractivity contribution in [3.05, 3.63) is 65.5 Å². The minimum absolute atomic E-state index is 0.0381. The molecule has 0 aliphatic carbocycles. The Morgan fingerprint density at radius 2 is 1.84 bits per heavy atom. The minimum atomic E-state index is -0.851. The zero-order valence-corrected chi connectivity index (χ0v) is 17.8. The SMILES string of the molecule is O=C(O)CCCC(=O)N1CCc2c(n(CCCCc3ccccc3)c3ncccc23)C1. The molecule has 0 unspecified atom stereocenters. The van der Waals surface area contributed by atoms with Gasteiger partial charge >= 0.3 is 5.97 Å². The lowest BCUT2D eigenvalue weighted by molar-refractivity contribution is -0.137. The van der Waals surface area contributed by atoms with Crippen molar-refractivity contribution in [3.8, 4) is 0 Å². The fourth-order valence-electron chi connectivity index (χ4n) is 4.51. The molecule has 1 aromatic carbocycles. The summed E-state index contributed by atoms with van der Waals surface area (Å²) in [7, 11) is 0. The van der Waals surface area contributed by atoms with Gasteiger partial charge < -0.3 is 14.6 Å². The summed E-state index contributed by atoms with van der Waals surface area (Å²) in [6, 6.07) is 14.7. The van der Waals surface area contributed by atoms with Crippen LogP contribution in [0.3, 0.4) is 0 Å². The first-order valence-electron chi connectivity index (χ1n) is 11.1. The second kappa shape index (κ2) is 9.77. The molecule has 0 saturated carbocycles. The monoisotopic (exact) mass is 419 g/mol. The van der Waals surface area contributed by atoms with E-state index >= 15 is 0 Å². The second-order valence-electron chi connectivity index (χ2n) is 8.21. The Morgan fingerprint density at radius 3 is 2.65 bits per heavy atom. The van der Waals surface area contributed by atoms with Gasteiger partial charge in [0.1, 0.15) is 5.65 Å². The lowest BCUT2D eigenvalue weighted by Crippen LogP contribution is -2.36. The lowest BCUT2D eigenvalue weighted by atomic mass is 10.0. The number of unbranched alkanes of at least 4 members (excludes halogenated alkanes) is 1. The van der Waals surface area contributed by atoms with Crippen molar-refractivity contribution in [3.63, 3.8) is 0 Å². The van der Waals surface area contributed by atoms with Crippen LogP contribution >= 0.6 is 0 Å². The summed E-state index contributed by atoms with van der Waals surface area (Å²) in [5, 5.41) is 10.0. The largest absolute Gasteiger partial charge is 0.481 e. The lowest BCUT2D eigenvalue weighted by Gasteiger charge is -2.28. The van der Waals surface area contributed by atoms with Crippen LogP contribution in [0.25, 0.3) is 11.0 Å². The number of benzene rings is 1. The third kappa shape index (κ3) is 4.95. The molecule has 1 N–H and O–H groups in total. The van der Waals surface area contributed by atoms with E-state index in [1.54, 1.807) is 0 Å². The summed E-state index contributed by atoms with van der Waals surface area (Å²) in [4.78, 5) is 29.9. The fourth-order valence-corrected chi connectivity index (χ4v) is 4.51. The van der Waals surface area contributed by atoms with Gasteiger partial charge in [-0.25, -0.2) is 4.98 Å². The predicted molar refractivity (Wildman–Crippen MR) is 120 cm³/mol. The van der Waals surface area contributed by atoms with Crippen LogP contribution in [0, 0.1) is 0 Å². The maximum atomic E-state index is 12.6. The fraction of sp³-hybridized carbons (Fsp3) is 0.400. The molecule has 0 fully saturated rings. The number of carboxylic acid groups (broad SMARTS) is 1. The Labute approximate surface area is 182 Å². The van der Waals surface area contributed by atoms with Gasteiger partial charge in [-0.3, -0.25) is 9.59 Å². The maximum absolute atomic E-state index is 12.6. The highest BCUT2D eigenvalue weighted by Gasteiger charge is 2.26. The first kappa shape index (κ1) is 21.1. The number of amides is 1. The molecule has 0 saturated heterocycles. The van der Waals surface area contributed by atoms with Crippen LogP contribution in [0.15, 0.2) is 48.7 Å². The number of aromatic nitrogens is 2. The van der Waals surface area contributed by atoms with Gasteiger partial charge in [0.25, 0.3) is 0 Å². The summed E-state index contributed by atoms with van der Waals surface area (Å²) in [6.45, 7) is 2.15. The minimum Gasteiger partial charge on any atom is -0.481 e. The molecule has 0 spiro atoms. The third-order valence-corrected chi connectivity index (χ3v) is 6.09. The van der Waals surface area contributed by atoms with Crippen LogP contribution in [0.4, 0.5) is 0 Å². The Morgan fingerprint density at radius 1 is 1.00 bits per heavy atom. The van der Waals surface area contributed by atoms with E-state index in [1.165, 1.54) is 22.2 Å². The summed E-state index contributed by atoms with van der Waals surface area (Å²) in [5.41, 5.74) is 4.86. The summed E-state index contributed by atoms with van der Waals surface area (Å²) in [6.07, 6.45) is 6.58. The molecule has 6 heteroatoms. The van der Waals surface area contributed by atoms with Gasteiger partial charge in [-0.1, -0.05) is 30.3 Å². The van der Waals surface area contributed by atoms with Gasteiger partial charge in [0.2, 0.25) is 5.91 Å². The van der Waals surface area contributed by atoms with Crippen LogP contribution in [-0.4, -0.2) is 38.0 Å². The molecule has 1 aliphatic rings. The number of hydrogen-bond acceptors (Lipinski definition) is 3. The van der Waals surface area contributed by atoms with Crippen LogP contribution in [0.2, 0.25) is 0 Å². The Kier molecular flexibility index (Phi) is 6.65. The highest BCUT2D eigenvalue weighted by Crippen LogP contribution is 2.30. The number of carbonyl (C=O) groups excluding carboxylic acids is 1. The number of rotatable bonds is 9. The van der Waals surface area contributed by atoms with Crippen LogP contribution in [0.1, 0.15) is 48.9 Å². The molecule has 0 atom stereocenters. The van der Waals surface area contributed by atoms with Crippen molar-refractivity contribution in [2.24, 2.45) is 0 Å². The van der Waals surface area contributed by atoms with Gasteiger partial charge in [-0.2, -0.15) is 0 Å². The summed E-state index contributed by atoms with van der Waals surface area (Å²) < 4.78 is 2.30. The summed E-state index contributed by atoms with van der Waals surface area (Å²) in [5.74, 6) is -0.809. The van der Waals surface area contributed by atoms with Crippen molar-refractivity contribution in [1.29, 1.82) is 0 Å². The van der Waals surface area contributed by atoms with E-state index in [0.29, 0.717) is 19.5 Å². The van der Waals surface area contributed by atoms with Gasteiger partial charge in [0.15, 0.2) is 0 Å². The molecule has 6 nitrogen and oxygen atoms in total. The molecule has 4 rings (SSSR count). The Balaban J connectivity index is 1.46. The third-order valence-electron chi connectivity index (χ3n) is 6.09. The molecule has 3 aromatic rings. The number of hydrogen-bond donors (Lipinski definition) is 1. The van der Waals surface area contributed by atoms with Crippen molar-refractivity contribution in [1.82, 2.24) is 14.5 Å². The smallest absolute Gasteiger partial charge is 0.303 e. The van der Waals surface area contributed by atoms with Gasteiger partial charge in [-0.05, 0) is 55.4 Å². The van der Waals surface area contributed by atoms with E-state index in [1.807, 2.05) is 23.2 Å². The van der Waals surface area contributed by atoms with Crippen molar-refractivity contribution in [2.75, 3.05) is 6.54 Å².